The van der Waals surface area contributed by atoms with Crippen molar-refractivity contribution in [1.29, 1.82) is 0 Å². The zero-order chi connectivity index (χ0) is 17.1. The van der Waals surface area contributed by atoms with Gasteiger partial charge in [-0.3, -0.25) is 9.59 Å². The molecule has 130 valence electrons. The topological polar surface area (TPSA) is 120 Å². The fourth-order valence-corrected chi connectivity index (χ4v) is 1.58. The van der Waals surface area contributed by atoms with Gasteiger partial charge in [0.15, 0.2) is 0 Å². The van der Waals surface area contributed by atoms with Gasteiger partial charge in [-0.15, -0.1) is 5.06 Å². The monoisotopic (exact) mass is 332 g/mol. The number of nitrogens with one attached hydrogen (secondary N) is 1. The number of rotatable bonds is 10. The first-order valence-electron chi connectivity index (χ1n) is 7.08. The Morgan fingerprint density at radius 3 is 2.26 bits per heavy atom. The maximum atomic E-state index is 11.4. The van der Waals surface area contributed by atoms with Gasteiger partial charge in [0, 0.05) is 19.4 Å². The second-order valence-corrected chi connectivity index (χ2v) is 4.44. The first kappa shape index (κ1) is 18.8. The summed E-state index contributed by atoms with van der Waals surface area (Å²) in [5, 5.41) is 2.94. The van der Waals surface area contributed by atoms with E-state index in [-0.39, 0.29) is 32.5 Å². The zero-order valence-corrected chi connectivity index (χ0v) is 12.9. The van der Waals surface area contributed by atoms with Crippen molar-refractivity contribution in [2.24, 2.45) is 0 Å². The van der Waals surface area contributed by atoms with Crippen molar-refractivity contribution in [1.82, 2.24) is 10.4 Å². The quantitative estimate of drug-likeness (QED) is 0.415. The molecule has 0 radical (unpaired) electrons. The lowest BCUT2D eigenvalue weighted by atomic mass is 10.4. The predicted molar refractivity (Wildman–Crippen MR) is 73.8 cm³/mol. The van der Waals surface area contributed by atoms with Crippen LogP contribution in [-0.2, 0) is 33.4 Å². The van der Waals surface area contributed by atoms with Crippen LogP contribution in [0.2, 0.25) is 0 Å². The highest BCUT2D eigenvalue weighted by Crippen LogP contribution is 2.12. The van der Waals surface area contributed by atoms with Crippen molar-refractivity contribution in [3.63, 3.8) is 0 Å². The summed E-state index contributed by atoms with van der Waals surface area (Å²) >= 11 is 0. The van der Waals surface area contributed by atoms with Crippen LogP contribution in [0.3, 0.4) is 0 Å². The Kier molecular flexibility index (Phi) is 8.62. The molecule has 1 N–H and O–H groups in total. The van der Waals surface area contributed by atoms with E-state index in [1.165, 1.54) is 7.11 Å². The summed E-state index contributed by atoms with van der Waals surface area (Å²) in [5.41, 5.74) is 0. The van der Waals surface area contributed by atoms with Gasteiger partial charge in [-0.05, 0) is 0 Å². The molecule has 0 aromatic heterocycles. The molecule has 3 amide bonds. The fourth-order valence-electron chi connectivity index (χ4n) is 1.58. The van der Waals surface area contributed by atoms with Crippen molar-refractivity contribution in [3.05, 3.63) is 0 Å². The lowest BCUT2D eigenvalue weighted by Gasteiger charge is -2.12. The van der Waals surface area contributed by atoms with Crippen LogP contribution in [0.15, 0.2) is 0 Å². The van der Waals surface area contributed by atoms with Crippen LogP contribution < -0.4 is 5.32 Å². The smallest absolute Gasteiger partial charge is 0.406 e. The predicted octanol–water partition coefficient (Wildman–Crippen LogP) is -0.627. The van der Waals surface area contributed by atoms with E-state index in [1.807, 2.05) is 0 Å². The van der Waals surface area contributed by atoms with Crippen molar-refractivity contribution < 1.29 is 38.2 Å². The van der Waals surface area contributed by atoms with E-state index >= 15 is 0 Å². The normalized spacial score (nSPS) is 14.0. The minimum Gasteiger partial charge on any atom is -0.453 e. The summed E-state index contributed by atoms with van der Waals surface area (Å²) in [5.74, 6) is -1.74. The standard InChI is InChI=1S/C13H20N2O8/c1-20-13(19)14-5-7-22-9-8-21-6-4-12(18)23-15-10(16)2-3-11(15)17/h2-9H2,1H3,(H,14,19). The summed E-state index contributed by atoms with van der Waals surface area (Å²) in [6.07, 6.45) is -0.491. The molecule has 0 atom stereocenters. The van der Waals surface area contributed by atoms with Crippen molar-refractivity contribution in [3.8, 4) is 0 Å². The molecule has 1 aliphatic heterocycles. The average molecular weight is 332 g/mol. The molecular weight excluding hydrogens is 312 g/mol. The Morgan fingerprint density at radius 2 is 1.65 bits per heavy atom. The second-order valence-electron chi connectivity index (χ2n) is 4.44. The lowest BCUT2D eigenvalue weighted by molar-refractivity contribution is -0.198. The summed E-state index contributed by atoms with van der Waals surface area (Å²) in [7, 11) is 1.27. The van der Waals surface area contributed by atoms with E-state index in [0.717, 1.165) is 0 Å². The zero-order valence-electron chi connectivity index (χ0n) is 12.9. The van der Waals surface area contributed by atoms with E-state index in [4.69, 9.17) is 9.47 Å². The van der Waals surface area contributed by atoms with E-state index in [0.29, 0.717) is 24.8 Å². The highest BCUT2D eigenvalue weighted by molar-refractivity contribution is 6.01. The molecule has 1 fully saturated rings. The molecule has 10 heteroatoms. The molecule has 23 heavy (non-hydrogen) atoms. The lowest BCUT2D eigenvalue weighted by Crippen LogP contribution is -2.32. The molecule has 0 aliphatic carbocycles. The largest absolute Gasteiger partial charge is 0.453 e. The van der Waals surface area contributed by atoms with Crippen molar-refractivity contribution in [2.45, 2.75) is 19.3 Å². The Hall–Kier alpha value is -2.20. The summed E-state index contributed by atoms with van der Waals surface area (Å²) in [6, 6.07) is 0. The number of carbonyl (C=O) groups is 4. The molecule has 1 heterocycles. The number of alkyl carbamates (subject to hydrolysis) is 1. The maximum absolute atomic E-state index is 11.4. The number of carbonyl (C=O) groups excluding carboxylic acids is 4. The minimum absolute atomic E-state index is 0.0603. The number of imide groups is 1. The van der Waals surface area contributed by atoms with Crippen LogP contribution in [0.4, 0.5) is 4.79 Å². The summed E-state index contributed by atoms with van der Waals surface area (Å²) in [4.78, 5) is 49.3. The van der Waals surface area contributed by atoms with Gasteiger partial charge in [-0.1, -0.05) is 0 Å². The van der Waals surface area contributed by atoms with Gasteiger partial charge < -0.3 is 24.4 Å². The Morgan fingerprint density at radius 1 is 1.04 bits per heavy atom. The minimum atomic E-state index is -0.711. The highest BCUT2D eigenvalue weighted by atomic mass is 16.7. The van der Waals surface area contributed by atoms with E-state index in [9.17, 15) is 19.2 Å². The third-order valence-corrected chi connectivity index (χ3v) is 2.72. The second kappa shape index (κ2) is 10.5. The Labute approximate surface area is 132 Å². The Balaban J connectivity index is 1.94. The maximum Gasteiger partial charge on any atom is 0.406 e. The molecule has 0 saturated carbocycles. The molecule has 10 nitrogen and oxygen atoms in total. The number of nitrogens with zero attached hydrogens (tertiary/aromatic N) is 1. The van der Waals surface area contributed by atoms with Crippen LogP contribution in [-0.4, -0.2) is 69.0 Å². The van der Waals surface area contributed by atoms with Gasteiger partial charge in [0.2, 0.25) is 0 Å². The fraction of sp³-hybridized carbons (Fsp3) is 0.692. The third-order valence-electron chi connectivity index (χ3n) is 2.72. The molecule has 0 aromatic carbocycles. The first-order chi connectivity index (χ1) is 11.0. The number of hydrogen-bond acceptors (Lipinski definition) is 8. The molecular formula is C13H20N2O8. The van der Waals surface area contributed by atoms with Crippen LogP contribution in [0.1, 0.15) is 19.3 Å². The number of ether oxygens (including phenoxy) is 3. The molecule has 1 rings (SSSR count). The average Bonchev–Trinajstić information content (AvgIpc) is 2.84. The van der Waals surface area contributed by atoms with Gasteiger partial charge >= 0.3 is 12.1 Å². The molecule has 0 spiro atoms. The van der Waals surface area contributed by atoms with Crippen LogP contribution in [0.25, 0.3) is 0 Å². The van der Waals surface area contributed by atoms with E-state index in [1.54, 1.807) is 0 Å². The van der Waals surface area contributed by atoms with E-state index in [2.05, 4.69) is 14.9 Å². The summed E-state index contributed by atoms with van der Waals surface area (Å²) < 4.78 is 14.7. The van der Waals surface area contributed by atoms with E-state index < -0.39 is 23.9 Å². The van der Waals surface area contributed by atoms with Gasteiger partial charge in [0.25, 0.3) is 11.8 Å². The van der Waals surface area contributed by atoms with Crippen LogP contribution >= 0.6 is 0 Å². The molecule has 0 unspecified atom stereocenters. The van der Waals surface area contributed by atoms with Gasteiger partial charge in [0.05, 0.1) is 40.0 Å². The first-order valence-corrected chi connectivity index (χ1v) is 7.08. The van der Waals surface area contributed by atoms with Crippen LogP contribution in [0, 0.1) is 0 Å². The Bertz CT molecular complexity index is 424. The number of methoxy groups -OCH3 is 1. The highest BCUT2D eigenvalue weighted by Gasteiger charge is 2.32. The number of amides is 3. The van der Waals surface area contributed by atoms with Gasteiger partial charge in [-0.25, -0.2) is 9.59 Å². The molecule has 0 aromatic rings. The van der Waals surface area contributed by atoms with Gasteiger partial charge in [0.1, 0.15) is 0 Å². The van der Waals surface area contributed by atoms with Crippen LogP contribution in [0.5, 0.6) is 0 Å². The third kappa shape index (κ3) is 7.56. The summed E-state index contributed by atoms with van der Waals surface area (Å²) in [6.45, 7) is 1.25. The molecule has 1 aliphatic rings. The SMILES string of the molecule is COC(=O)NCCOCCOCCC(=O)ON1C(=O)CCC1=O. The molecule has 0 bridgehead atoms. The number of hydroxylamine groups is 2. The number of hydrogen-bond donors (Lipinski definition) is 1. The van der Waals surface area contributed by atoms with Gasteiger partial charge in [-0.2, -0.15) is 0 Å². The molecule has 1 saturated heterocycles. The van der Waals surface area contributed by atoms with Crippen molar-refractivity contribution in [2.75, 3.05) is 40.1 Å². The van der Waals surface area contributed by atoms with Crippen molar-refractivity contribution >= 4 is 23.9 Å².